The Labute approximate surface area is 100 Å². The lowest BCUT2D eigenvalue weighted by Crippen LogP contribution is -1.91. The molecule has 17 heavy (non-hydrogen) atoms. The zero-order chi connectivity index (χ0) is 12.4. The molecule has 0 bridgehead atoms. The van der Waals surface area contributed by atoms with Crippen LogP contribution in [0.5, 0.6) is 0 Å². The van der Waals surface area contributed by atoms with Crippen molar-refractivity contribution < 1.29 is 19.1 Å². The van der Waals surface area contributed by atoms with Crippen molar-refractivity contribution in [2.24, 2.45) is 0 Å². The van der Waals surface area contributed by atoms with Crippen LogP contribution in [-0.2, 0) is 0 Å². The second kappa shape index (κ2) is 4.47. The van der Waals surface area contributed by atoms with Crippen molar-refractivity contribution in [1.82, 2.24) is 0 Å². The third-order valence-electron chi connectivity index (χ3n) is 2.25. The number of halogens is 1. The van der Waals surface area contributed by atoms with E-state index in [9.17, 15) is 14.0 Å². The summed E-state index contributed by atoms with van der Waals surface area (Å²) in [4.78, 5) is 22.3. The fourth-order valence-corrected chi connectivity index (χ4v) is 2.35. The maximum Gasteiger partial charge on any atom is 0.345 e. The number of thiophene rings is 1. The van der Waals surface area contributed by atoms with Crippen molar-refractivity contribution in [3.05, 3.63) is 46.6 Å². The van der Waals surface area contributed by atoms with Crippen LogP contribution in [0.2, 0.25) is 0 Å². The van der Waals surface area contributed by atoms with Crippen LogP contribution in [-0.4, -0.2) is 17.4 Å². The van der Waals surface area contributed by atoms with Crippen LogP contribution in [0, 0.1) is 5.82 Å². The van der Waals surface area contributed by atoms with Gasteiger partial charge in [-0.2, -0.15) is 0 Å². The van der Waals surface area contributed by atoms with Gasteiger partial charge in [0.15, 0.2) is 6.29 Å². The summed E-state index contributed by atoms with van der Waals surface area (Å²) in [5, 5.41) is 8.79. The molecule has 1 aromatic carbocycles. The summed E-state index contributed by atoms with van der Waals surface area (Å²) in [6.07, 6.45) is 0.435. The maximum atomic E-state index is 13.4. The SMILES string of the molecule is O=Cc1c(F)cccc1-c1ccc(C(=O)O)s1. The van der Waals surface area contributed by atoms with Gasteiger partial charge in [0.05, 0.1) is 5.56 Å². The molecule has 0 unspecified atom stereocenters. The first-order valence-corrected chi connectivity index (χ1v) is 5.52. The molecule has 0 radical (unpaired) electrons. The topological polar surface area (TPSA) is 54.4 Å². The van der Waals surface area contributed by atoms with Gasteiger partial charge in [0.25, 0.3) is 0 Å². The van der Waals surface area contributed by atoms with Gasteiger partial charge in [-0.15, -0.1) is 11.3 Å². The smallest absolute Gasteiger partial charge is 0.345 e. The van der Waals surface area contributed by atoms with Crippen molar-refractivity contribution in [1.29, 1.82) is 0 Å². The first kappa shape index (κ1) is 11.5. The van der Waals surface area contributed by atoms with Gasteiger partial charge >= 0.3 is 5.97 Å². The molecule has 1 heterocycles. The van der Waals surface area contributed by atoms with Crippen molar-refractivity contribution >= 4 is 23.6 Å². The normalized spacial score (nSPS) is 10.2. The van der Waals surface area contributed by atoms with E-state index in [0.717, 1.165) is 11.3 Å². The molecule has 1 aromatic heterocycles. The predicted octanol–water partition coefficient (Wildman–Crippen LogP) is 3.06. The van der Waals surface area contributed by atoms with Crippen molar-refractivity contribution in [2.75, 3.05) is 0 Å². The average molecular weight is 250 g/mol. The summed E-state index contributed by atoms with van der Waals surface area (Å²) in [5.74, 6) is -1.65. The molecule has 0 aliphatic carbocycles. The first-order chi connectivity index (χ1) is 8.13. The average Bonchev–Trinajstić information content (AvgIpc) is 2.77. The van der Waals surface area contributed by atoms with E-state index < -0.39 is 11.8 Å². The van der Waals surface area contributed by atoms with Crippen molar-refractivity contribution in [3.8, 4) is 10.4 Å². The highest BCUT2D eigenvalue weighted by Crippen LogP contribution is 2.31. The fourth-order valence-electron chi connectivity index (χ4n) is 1.47. The van der Waals surface area contributed by atoms with Gasteiger partial charge in [-0.3, -0.25) is 4.79 Å². The zero-order valence-electron chi connectivity index (χ0n) is 8.51. The lowest BCUT2D eigenvalue weighted by atomic mass is 10.1. The molecule has 0 aliphatic heterocycles. The van der Waals surface area contributed by atoms with Crippen LogP contribution < -0.4 is 0 Å². The largest absolute Gasteiger partial charge is 0.477 e. The highest BCUT2D eigenvalue weighted by molar-refractivity contribution is 7.17. The highest BCUT2D eigenvalue weighted by Gasteiger charge is 2.13. The summed E-state index contributed by atoms with van der Waals surface area (Å²) < 4.78 is 13.4. The molecular formula is C12H7FO3S. The summed E-state index contributed by atoms with van der Waals surface area (Å²) in [6.45, 7) is 0. The number of hydrogen-bond donors (Lipinski definition) is 1. The maximum absolute atomic E-state index is 13.4. The molecule has 1 N–H and O–H groups in total. The Morgan fingerprint density at radius 2 is 2.06 bits per heavy atom. The number of carboxylic acid groups (broad SMARTS) is 1. The van der Waals surface area contributed by atoms with Crippen LogP contribution in [0.1, 0.15) is 20.0 Å². The third kappa shape index (κ3) is 2.09. The summed E-state index contributed by atoms with van der Waals surface area (Å²) in [7, 11) is 0. The standard InChI is InChI=1S/C12H7FO3S/c13-9-3-1-2-7(8(9)6-14)10-4-5-11(17-10)12(15)16/h1-6H,(H,15,16). The molecule has 0 spiro atoms. The summed E-state index contributed by atoms with van der Waals surface area (Å²) in [5.41, 5.74) is 0.365. The van der Waals surface area contributed by atoms with Gasteiger partial charge in [0.2, 0.25) is 0 Å². The van der Waals surface area contributed by atoms with E-state index in [1.807, 2.05) is 0 Å². The number of aromatic carboxylic acids is 1. The second-order valence-electron chi connectivity index (χ2n) is 3.29. The van der Waals surface area contributed by atoms with E-state index in [0.29, 0.717) is 16.7 Å². The lowest BCUT2D eigenvalue weighted by Gasteiger charge is -2.02. The van der Waals surface area contributed by atoms with Crippen molar-refractivity contribution in [2.45, 2.75) is 0 Å². The second-order valence-corrected chi connectivity index (χ2v) is 4.37. The fraction of sp³-hybridized carbons (Fsp3) is 0. The first-order valence-electron chi connectivity index (χ1n) is 4.70. The Morgan fingerprint density at radius 1 is 1.29 bits per heavy atom. The molecule has 2 aromatic rings. The minimum Gasteiger partial charge on any atom is -0.477 e. The Kier molecular flexibility index (Phi) is 3.01. The minimum atomic E-state index is -1.04. The van der Waals surface area contributed by atoms with Gasteiger partial charge in [0, 0.05) is 10.4 Å². The van der Waals surface area contributed by atoms with Crippen LogP contribution in [0.4, 0.5) is 4.39 Å². The van der Waals surface area contributed by atoms with E-state index in [1.54, 1.807) is 12.1 Å². The number of carboxylic acids is 1. The Morgan fingerprint density at radius 3 is 2.65 bits per heavy atom. The Bertz CT molecular complexity index is 589. The van der Waals surface area contributed by atoms with E-state index >= 15 is 0 Å². The predicted molar refractivity (Wildman–Crippen MR) is 62.1 cm³/mol. The van der Waals surface area contributed by atoms with E-state index in [4.69, 9.17) is 5.11 Å². The molecule has 2 rings (SSSR count). The molecule has 5 heteroatoms. The molecule has 3 nitrogen and oxygen atoms in total. The van der Waals surface area contributed by atoms with Crippen LogP contribution in [0.25, 0.3) is 10.4 Å². The highest BCUT2D eigenvalue weighted by atomic mass is 32.1. The quantitative estimate of drug-likeness (QED) is 0.852. The minimum absolute atomic E-state index is 0.0497. The van der Waals surface area contributed by atoms with E-state index in [1.165, 1.54) is 18.2 Å². The number of benzene rings is 1. The van der Waals surface area contributed by atoms with Gasteiger partial charge in [-0.05, 0) is 18.2 Å². The molecule has 0 atom stereocenters. The van der Waals surface area contributed by atoms with Gasteiger partial charge < -0.3 is 5.11 Å². The molecular weight excluding hydrogens is 243 g/mol. The van der Waals surface area contributed by atoms with Crippen molar-refractivity contribution in [3.63, 3.8) is 0 Å². The number of rotatable bonds is 3. The Hall–Kier alpha value is -2.01. The summed E-state index contributed by atoms with van der Waals surface area (Å²) in [6, 6.07) is 7.26. The van der Waals surface area contributed by atoms with E-state index in [-0.39, 0.29) is 10.4 Å². The Balaban J connectivity index is 2.56. The molecule has 0 aliphatic rings. The van der Waals surface area contributed by atoms with Gasteiger partial charge in [-0.1, -0.05) is 12.1 Å². The van der Waals surface area contributed by atoms with Crippen LogP contribution in [0.15, 0.2) is 30.3 Å². The summed E-state index contributed by atoms with van der Waals surface area (Å²) >= 11 is 1.01. The number of hydrogen-bond acceptors (Lipinski definition) is 3. The lowest BCUT2D eigenvalue weighted by molar-refractivity contribution is 0.0702. The van der Waals surface area contributed by atoms with E-state index in [2.05, 4.69) is 0 Å². The molecule has 0 fully saturated rings. The zero-order valence-corrected chi connectivity index (χ0v) is 9.33. The van der Waals surface area contributed by atoms with Gasteiger partial charge in [0.1, 0.15) is 10.7 Å². The number of carbonyl (C=O) groups excluding carboxylic acids is 1. The molecule has 86 valence electrons. The molecule has 0 saturated heterocycles. The number of carbonyl (C=O) groups is 2. The monoisotopic (exact) mass is 250 g/mol. The third-order valence-corrected chi connectivity index (χ3v) is 3.36. The number of aldehydes is 1. The van der Waals surface area contributed by atoms with Crippen LogP contribution >= 0.6 is 11.3 Å². The molecule has 0 saturated carbocycles. The van der Waals surface area contributed by atoms with Crippen LogP contribution in [0.3, 0.4) is 0 Å². The van der Waals surface area contributed by atoms with Gasteiger partial charge in [-0.25, -0.2) is 9.18 Å². The molecule has 0 amide bonds.